The predicted molar refractivity (Wildman–Crippen MR) is 58.5 cm³/mol. The van der Waals surface area contributed by atoms with Gasteiger partial charge in [0.2, 0.25) is 5.91 Å². The summed E-state index contributed by atoms with van der Waals surface area (Å²) in [5.74, 6) is -1.64. The first-order valence-corrected chi connectivity index (χ1v) is 5.31. The Kier molecular flexibility index (Phi) is 5.21. The fraction of sp³-hybridized carbons (Fsp3) is 0.667. The van der Waals surface area contributed by atoms with Crippen LogP contribution in [0.1, 0.15) is 0 Å². The molecule has 3 amide bonds. The Bertz CT molecular complexity index is 301. The van der Waals surface area contributed by atoms with E-state index in [1.807, 2.05) is 0 Å². The molecule has 0 radical (unpaired) electrons. The summed E-state index contributed by atoms with van der Waals surface area (Å²) in [6, 6.07) is -0.308. The van der Waals surface area contributed by atoms with Crippen LogP contribution in [-0.4, -0.2) is 67.2 Å². The van der Waals surface area contributed by atoms with Crippen molar-refractivity contribution in [2.24, 2.45) is 0 Å². The molecular formula is C9H16N4O4. The first kappa shape index (κ1) is 13.2. The van der Waals surface area contributed by atoms with Crippen LogP contribution in [0.25, 0.3) is 0 Å². The number of nitrogens with zero attached hydrogens (tertiary/aromatic N) is 1. The Morgan fingerprint density at radius 1 is 1.12 bits per heavy atom. The van der Waals surface area contributed by atoms with Crippen LogP contribution in [0.5, 0.6) is 0 Å². The number of carbonyl (C=O) groups excluding carboxylic acids is 2. The summed E-state index contributed by atoms with van der Waals surface area (Å²) < 4.78 is 0. The standard InChI is InChI=1S/C9H16N4O4/c14-7(11-6-8(15)16)5-12-9(17)13-3-1-10-2-4-13/h10H,1-6H2,(H,11,14)(H,12,17)(H,15,16). The van der Waals surface area contributed by atoms with E-state index in [1.54, 1.807) is 4.90 Å². The summed E-state index contributed by atoms with van der Waals surface area (Å²) in [4.78, 5) is 34.4. The fourth-order valence-electron chi connectivity index (χ4n) is 1.37. The van der Waals surface area contributed by atoms with E-state index in [4.69, 9.17) is 5.11 Å². The number of aliphatic carboxylic acids is 1. The maximum absolute atomic E-state index is 11.5. The van der Waals surface area contributed by atoms with Crippen LogP contribution in [0.15, 0.2) is 0 Å². The smallest absolute Gasteiger partial charge is 0.322 e. The van der Waals surface area contributed by atoms with Crippen molar-refractivity contribution in [2.75, 3.05) is 39.3 Å². The van der Waals surface area contributed by atoms with Crippen LogP contribution in [0.4, 0.5) is 4.79 Å². The van der Waals surface area contributed by atoms with Gasteiger partial charge >= 0.3 is 12.0 Å². The minimum Gasteiger partial charge on any atom is -0.480 e. The average Bonchev–Trinajstić information content (AvgIpc) is 2.34. The van der Waals surface area contributed by atoms with Gasteiger partial charge in [-0.25, -0.2) is 4.79 Å². The molecule has 0 unspecified atom stereocenters. The zero-order chi connectivity index (χ0) is 12.7. The van der Waals surface area contributed by atoms with Crippen molar-refractivity contribution in [3.63, 3.8) is 0 Å². The molecule has 8 nitrogen and oxygen atoms in total. The van der Waals surface area contributed by atoms with E-state index in [2.05, 4.69) is 16.0 Å². The fourth-order valence-corrected chi connectivity index (χ4v) is 1.37. The molecular weight excluding hydrogens is 228 g/mol. The summed E-state index contributed by atoms with van der Waals surface area (Å²) in [5.41, 5.74) is 0. The minimum atomic E-state index is -1.12. The molecule has 1 aliphatic heterocycles. The van der Waals surface area contributed by atoms with Crippen LogP contribution in [-0.2, 0) is 9.59 Å². The number of urea groups is 1. The van der Waals surface area contributed by atoms with Gasteiger partial charge in [-0.15, -0.1) is 0 Å². The Morgan fingerprint density at radius 2 is 1.76 bits per heavy atom. The highest BCUT2D eigenvalue weighted by Gasteiger charge is 2.16. The number of carboxylic acid groups (broad SMARTS) is 1. The third kappa shape index (κ3) is 5.16. The highest BCUT2D eigenvalue weighted by atomic mass is 16.4. The number of piperazine rings is 1. The van der Waals surface area contributed by atoms with Crippen LogP contribution in [0.3, 0.4) is 0 Å². The van der Waals surface area contributed by atoms with E-state index in [1.165, 1.54) is 0 Å². The summed E-state index contributed by atoms with van der Waals surface area (Å²) >= 11 is 0. The van der Waals surface area contributed by atoms with Gasteiger partial charge in [0, 0.05) is 26.2 Å². The van der Waals surface area contributed by atoms with Crippen molar-refractivity contribution in [1.29, 1.82) is 0 Å². The molecule has 0 aliphatic carbocycles. The van der Waals surface area contributed by atoms with Crippen LogP contribution < -0.4 is 16.0 Å². The van der Waals surface area contributed by atoms with Gasteiger partial charge in [-0.2, -0.15) is 0 Å². The van der Waals surface area contributed by atoms with Crippen molar-refractivity contribution in [3.05, 3.63) is 0 Å². The molecule has 1 rings (SSSR count). The maximum Gasteiger partial charge on any atom is 0.322 e. The summed E-state index contributed by atoms with van der Waals surface area (Å²) in [6.07, 6.45) is 0. The summed E-state index contributed by atoms with van der Waals surface area (Å²) in [7, 11) is 0. The molecule has 1 saturated heterocycles. The molecule has 0 bridgehead atoms. The number of carboxylic acids is 1. The Balaban J connectivity index is 2.18. The quantitative estimate of drug-likeness (QED) is 0.448. The lowest BCUT2D eigenvalue weighted by Crippen LogP contribution is -2.51. The summed E-state index contributed by atoms with van der Waals surface area (Å²) in [5, 5.41) is 16.0. The third-order valence-corrected chi connectivity index (χ3v) is 2.24. The van der Waals surface area contributed by atoms with Gasteiger partial charge in [-0.05, 0) is 0 Å². The van der Waals surface area contributed by atoms with E-state index in [0.717, 1.165) is 13.1 Å². The first-order valence-electron chi connectivity index (χ1n) is 5.31. The predicted octanol–water partition coefficient (Wildman–Crippen LogP) is -2.20. The topological polar surface area (TPSA) is 111 Å². The normalized spacial score (nSPS) is 15.2. The van der Waals surface area contributed by atoms with Gasteiger partial charge in [-0.3, -0.25) is 9.59 Å². The number of hydrogen-bond donors (Lipinski definition) is 4. The lowest BCUT2D eigenvalue weighted by atomic mass is 10.4. The Morgan fingerprint density at radius 3 is 2.35 bits per heavy atom. The second kappa shape index (κ2) is 6.69. The lowest BCUT2D eigenvalue weighted by Gasteiger charge is -2.27. The molecule has 0 aromatic heterocycles. The Hall–Kier alpha value is -1.83. The van der Waals surface area contributed by atoms with E-state index >= 15 is 0 Å². The second-order valence-electron chi connectivity index (χ2n) is 3.57. The zero-order valence-corrected chi connectivity index (χ0v) is 9.36. The number of rotatable bonds is 4. The van der Waals surface area contributed by atoms with Gasteiger partial charge < -0.3 is 26.0 Å². The molecule has 0 spiro atoms. The number of carbonyl (C=O) groups is 3. The largest absolute Gasteiger partial charge is 0.480 e. The second-order valence-corrected chi connectivity index (χ2v) is 3.57. The minimum absolute atomic E-state index is 0.212. The number of amides is 3. The molecule has 0 aromatic carbocycles. The van der Waals surface area contributed by atoms with Crippen molar-refractivity contribution >= 4 is 17.9 Å². The molecule has 0 saturated carbocycles. The number of nitrogens with one attached hydrogen (secondary N) is 3. The van der Waals surface area contributed by atoms with E-state index in [9.17, 15) is 14.4 Å². The van der Waals surface area contributed by atoms with E-state index < -0.39 is 18.4 Å². The third-order valence-electron chi connectivity index (χ3n) is 2.24. The van der Waals surface area contributed by atoms with E-state index in [0.29, 0.717) is 13.1 Å². The monoisotopic (exact) mass is 244 g/mol. The van der Waals surface area contributed by atoms with Crippen molar-refractivity contribution in [2.45, 2.75) is 0 Å². The van der Waals surface area contributed by atoms with Gasteiger partial charge in [0.25, 0.3) is 0 Å². The molecule has 96 valence electrons. The van der Waals surface area contributed by atoms with Crippen molar-refractivity contribution in [1.82, 2.24) is 20.9 Å². The maximum atomic E-state index is 11.5. The Labute approximate surface area is 98.3 Å². The van der Waals surface area contributed by atoms with Gasteiger partial charge in [0.05, 0.1) is 6.54 Å². The van der Waals surface area contributed by atoms with Crippen LogP contribution in [0, 0.1) is 0 Å². The molecule has 1 aliphatic rings. The SMILES string of the molecule is O=C(O)CNC(=O)CNC(=O)N1CCNCC1. The molecule has 0 atom stereocenters. The molecule has 0 aromatic rings. The highest BCUT2D eigenvalue weighted by molar-refractivity contribution is 5.86. The lowest BCUT2D eigenvalue weighted by molar-refractivity contribution is -0.137. The van der Waals surface area contributed by atoms with Gasteiger partial charge in [0.1, 0.15) is 6.54 Å². The first-order chi connectivity index (χ1) is 8.09. The van der Waals surface area contributed by atoms with Crippen LogP contribution >= 0.6 is 0 Å². The summed E-state index contributed by atoms with van der Waals surface area (Å²) in [6.45, 7) is 2.01. The van der Waals surface area contributed by atoms with Crippen molar-refractivity contribution in [3.8, 4) is 0 Å². The molecule has 1 heterocycles. The van der Waals surface area contributed by atoms with Gasteiger partial charge in [-0.1, -0.05) is 0 Å². The van der Waals surface area contributed by atoms with Crippen LogP contribution in [0.2, 0.25) is 0 Å². The highest BCUT2D eigenvalue weighted by Crippen LogP contribution is 1.91. The molecule has 1 fully saturated rings. The molecule has 4 N–H and O–H groups in total. The molecule has 17 heavy (non-hydrogen) atoms. The van der Waals surface area contributed by atoms with E-state index in [-0.39, 0.29) is 12.6 Å². The van der Waals surface area contributed by atoms with Crippen molar-refractivity contribution < 1.29 is 19.5 Å². The number of hydrogen-bond acceptors (Lipinski definition) is 4. The van der Waals surface area contributed by atoms with Gasteiger partial charge in [0.15, 0.2) is 0 Å². The molecule has 8 heteroatoms. The average molecular weight is 244 g/mol. The zero-order valence-electron chi connectivity index (χ0n) is 9.36.